The number of hydrogen-bond donors (Lipinski definition) is 2. The van der Waals surface area contributed by atoms with Crippen LogP contribution in [0.3, 0.4) is 0 Å². The van der Waals surface area contributed by atoms with Gasteiger partial charge in [-0.1, -0.05) is 43.7 Å². The lowest BCUT2D eigenvalue weighted by Crippen LogP contribution is -2.38. The zero-order chi connectivity index (χ0) is 13.4. The van der Waals surface area contributed by atoms with Crippen molar-refractivity contribution in [2.75, 3.05) is 6.54 Å². The van der Waals surface area contributed by atoms with Gasteiger partial charge < -0.3 is 10.6 Å². The molecule has 3 heteroatoms. The Morgan fingerprint density at radius 2 is 1.89 bits per heavy atom. The second-order valence-corrected chi connectivity index (χ2v) is 4.77. The van der Waals surface area contributed by atoms with Crippen molar-refractivity contribution in [3.05, 3.63) is 35.9 Å². The third kappa shape index (κ3) is 5.32. The highest BCUT2D eigenvalue weighted by Gasteiger charge is 2.09. The Kier molecular flexibility index (Phi) is 6.44. The summed E-state index contributed by atoms with van der Waals surface area (Å²) in [5.41, 5.74) is 1.13. The van der Waals surface area contributed by atoms with Crippen LogP contribution >= 0.6 is 0 Å². The van der Waals surface area contributed by atoms with Gasteiger partial charge in [0.05, 0.1) is 12.6 Å². The van der Waals surface area contributed by atoms with Crippen molar-refractivity contribution >= 4 is 5.91 Å². The molecule has 0 aromatic heterocycles. The highest BCUT2D eigenvalue weighted by molar-refractivity contribution is 5.78. The average Bonchev–Trinajstić information content (AvgIpc) is 2.38. The van der Waals surface area contributed by atoms with Gasteiger partial charge in [0.15, 0.2) is 0 Å². The first-order chi connectivity index (χ1) is 8.63. The molecule has 0 aliphatic carbocycles. The Bertz CT molecular complexity index is 351. The van der Waals surface area contributed by atoms with Gasteiger partial charge in [-0.15, -0.1) is 0 Å². The standard InChI is InChI=1S/C15H24N2O/c1-4-8-12(2)16-11-15(18)17-13(3)14-9-6-5-7-10-14/h5-7,9-10,12-13,16H,4,8,11H2,1-3H3,(H,17,18)/t12?,13-/m0/s1. The van der Waals surface area contributed by atoms with E-state index < -0.39 is 0 Å². The lowest BCUT2D eigenvalue weighted by molar-refractivity contribution is -0.121. The predicted octanol–water partition coefficient (Wildman–Crippen LogP) is 2.64. The molecule has 0 radical (unpaired) electrons. The summed E-state index contributed by atoms with van der Waals surface area (Å²) in [6, 6.07) is 10.5. The minimum Gasteiger partial charge on any atom is -0.348 e. The molecule has 1 rings (SSSR count). The minimum atomic E-state index is 0.0503. The molecule has 0 aliphatic rings. The van der Waals surface area contributed by atoms with E-state index in [1.807, 2.05) is 37.3 Å². The van der Waals surface area contributed by atoms with Crippen molar-refractivity contribution in [1.82, 2.24) is 10.6 Å². The van der Waals surface area contributed by atoms with Gasteiger partial charge in [0.25, 0.3) is 0 Å². The van der Waals surface area contributed by atoms with Gasteiger partial charge in [-0.2, -0.15) is 0 Å². The van der Waals surface area contributed by atoms with Crippen molar-refractivity contribution in [3.63, 3.8) is 0 Å². The molecule has 18 heavy (non-hydrogen) atoms. The molecule has 1 amide bonds. The van der Waals surface area contributed by atoms with Crippen LogP contribution in [0.15, 0.2) is 30.3 Å². The lowest BCUT2D eigenvalue weighted by atomic mass is 10.1. The van der Waals surface area contributed by atoms with Gasteiger partial charge in [0.2, 0.25) is 5.91 Å². The third-order valence-corrected chi connectivity index (χ3v) is 3.01. The summed E-state index contributed by atoms with van der Waals surface area (Å²) in [5.74, 6) is 0.0503. The SMILES string of the molecule is CCCC(C)NCC(=O)N[C@@H](C)c1ccccc1. The summed E-state index contributed by atoms with van der Waals surface area (Å²) >= 11 is 0. The van der Waals surface area contributed by atoms with Gasteiger partial charge in [-0.05, 0) is 25.8 Å². The molecule has 100 valence electrons. The number of carbonyl (C=O) groups excluding carboxylic acids is 1. The first kappa shape index (κ1) is 14.7. The van der Waals surface area contributed by atoms with Gasteiger partial charge in [0, 0.05) is 6.04 Å². The van der Waals surface area contributed by atoms with Crippen molar-refractivity contribution in [1.29, 1.82) is 0 Å². The first-order valence-corrected chi connectivity index (χ1v) is 6.71. The average molecular weight is 248 g/mol. The molecule has 0 saturated carbocycles. The molecule has 2 atom stereocenters. The van der Waals surface area contributed by atoms with E-state index in [1.54, 1.807) is 0 Å². The van der Waals surface area contributed by atoms with Crippen molar-refractivity contribution < 1.29 is 4.79 Å². The maximum atomic E-state index is 11.8. The van der Waals surface area contributed by atoms with Crippen LogP contribution in [-0.4, -0.2) is 18.5 Å². The molecule has 0 saturated heterocycles. The van der Waals surface area contributed by atoms with Gasteiger partial charge in [0.1, 0.15) is 0 Å². The molecule has 0 spiro atoms. The van der Waals surface area contributed by atoms with E-state index >= 15 is 0 Å². The van der Waals surface area contributed by atoms with E-state index in [0.29, 0.717) is 12.6 Å². The third-order valence-electron chi connectivity index (χ3n) is 3.01. The number of carbonyl (C=O) groups is 1. The largest absolute Gasteiger partial charge is 0.348 e. The number of amides is 1. The molecule has 2 N–H and O–H groups in total. The number of nitrogens with one attached hydrogen (secondary N) is 2. The molecule has 1 unspecified atom stereocenters. The quantitative estimate of drug-likeness (QED) is 0.779. The van der Waals surface area contributed by atoms with Gasteiger partial charge in [-0.3, -0.25) is 4.79 Å². The van der Waals surface area contributed by atoms with E-state index in [9.17, 15) is 4.79 Å². The molecule has 0 heterocycles. The minimum absolute atomic E-state index is 0.0503. The molecular formula is C15H24N2O. The van der Waals surface area contributed by atoms with Gasteiger partial charge >= 0.3 is 0 Å². The van der Waals surface area contributed by atoms with Crippen LogP contribution in [0, 0.1) is 0 Å². The number of hydrogen-bond acceptors (Lipinski definition) is 2. The summed E-state index contributed by atoms with van der Waals surface area (Å²) in [6.45, 7) is 6.65. The second kappa shape index (κ2) is 7.88. The molecular weight excluding hydrogens is 224 g/mol. The Balaban J connectivity index is 2.32. The number of benzene rings is 1. The van der Waals surface area contributed by atoms with Crippen LogP contribution in [0.1, 0.15) is 45.2 Å². The smallest absolute Gasteiger partial charge is 0.234 e. The summed E-state index contributed by atoms with van der Waals surface area (Å²) in [5, 5.41) is 6.22. The molecule has 0 fully saturated rings. The van der Waals surface area contributed by atoms with E-state index in [4.69, 9.17) is 0 Å². The molecule has 1 aromatic carbocycles. The Morgan fingerprint density at radius 1 is 1.22 bits per heavy atom. The van der Waals surface area contributed by atoms with Crippen LogP contribution in [0.2, 0.25) is 0 Å². The zero-order valence-corrected chi connectivity index (χ0v) is 11.6. The maximum Gasteiger partial charge on any atom is 0.234 e. The fourth-order valence-electron chi connectivity index (χ4n) is 1.92. The summed E-state index contributed by atoms with van der Waals surface area (Å²) < 4.78 is 0. The molecule has 0 bridgehead atoms. The summed E-state index contributed by atoms with van der Waals surface area (Å²) in [6.07, 6.45) is 2.23. The summed E-state index contributed by atoms with van der Waals surface area (Å²) in [4.78, 5) is 11.8. The van der Waals surface area contributed by atoms with E-state index in [1.165, 1.54) is 0 Å². The lowest BCUT2D eigenvalue weighted by Gasteiger charge is -2.16. The second-order valence-electron chi connectivity index (χ2n) is 4.77. The van der Waals surface area contributed by atoms with Crippen LogP contribution in [-0.2, 0) is 4.79 Å². The Morgan fingerprint density at radius 3 is 2.50 bits per heavy atom. The number of rotatable bonds is 7. The fourth-order valence-corrected chi connectivity index (χ4v) is 1.92. The molecule has 0 aliphatic heterocycles. The Labute approximate surface area is 110 Å². The van der Waals surface area contributed by atoms with Crippen molar-refractivity contribution in [2.45, 2.75) is 45.7 Å². The summed E-state index contributed by atoms with van der Waals surface area (Å²) in [7, 11) is 0. The monoisotopic (exact) mass is 248 g/mol. The highest BCUT2D eigenvalue weighted by atomic mass is 16.1. The zero-order valence-electron chi connectivity index (χ0n) is 11.6. The van der Waals surface area contributed by atoms with E-state index in [-0.39, 0.29) is 11.9 Å². The first-order valence-electron chi connectivity index (χ1n) is 6.71. The van der Waals surface area contributed by atoms with Crippen LogP contribution in [0.5, 0.6) is 0 Å². The predicted molar refractivity (Wildman–Crippen MR) is 75.4 cm³/mol. The maximum absolute atomic E-state index is 11.8. The van der Waals surface area contributed by atoms with Crippen LogP contribution < -0.4 is 10.6 Å². The van der Waals surface area contributed by atoms with Crippen molar-refractivity contribution in [2.24, 2.45) is 0 Å². The van der Waals surface area contributed by atoms with Gasteiger partial charge in [-0.25, -0.2) is 0 Å². The van der Waals surface area contributed by atoms with Crippen LogP contribution in [0.25, 0.3) is 0 Å². The van der Waals surface area contributed by atoms with Crippen LogP contribution in [0.4, 0.5) is 0 Å². The molecule has 3 nitrogen and oxygen atoms in total. The van der Waals surface area contributed by atoms with Crippen molar-refractivity contribution in [3.8, 4) is 0 Å². The van der Waals surface area contributed by atoms with E-state index in [2.05, 4.69) is 24.5 Å². The normalized spacial score (nSPS) is 13.9. The Hall–Kier alpha value is -1.35. The topological polar surface area (TPSA) is 41.1 Å². The van der Waals surface area contributed by atoms with E-state index in [0.717, 1.165) is 18.4 Å². The fraction of sp³-hybridized carbons (Fsp3) is 0.533. The highest BCUT2D eigenvalue weighted by Crippen LogP contribution is 2.10. The molecule has 1 aromatic rings.